The Morgan fingerprint density at radius 3 is 1.86 bits per heavy atom. The van der Waals surface area contributed by atoms with Crippen molar-refractivity contribution in [3.8, 4) is 0 Å². The van der Waals surface area contributed by atoms with Gasteiger partial charge in [0, 0.05) is 13.0 Å². The second-order valence-electron chi connectivity index (χ2n) is 8.34. The molecule has 8 nitrogen and oxygen atoms in total. The van der Waals surface area contributed by atoms with Gasteiger partial charge in [0.1, 0.15) is 23.3 Å². The lowest BCUT2D eigenvalue weighted by molar-refractivity contribution is -0.162. The van der Waals surface area contributed by atoms with E-state index in [1.54, 1.807) is 41.5 Å². The van der Waals surface area contributed by atoms with E-state index in [0.29, 0.717) is 0 Å². The summed E-state index contributed by atoms with van der Waals surface area (Å²) < 4.78 is 54.6. The summed E-state index contributed by atoms with van der Waals surface area (Å²) in [6, 6.07) is -3.70. The number of methoxy groups -OCH3 is 1. The van der Waals surface area contributed by atoms with E-state index in [4.69, 9.17) is 9.47 Å². The fourth-order valence-electron chi connectivity index (χ4n) is 2.08. The van der Waals surface area contributed by atoms with Crippen LogP contribution in [0.15, 0.2) is 0 Å². The SMILES string of the molecule is COC(=O)C(CCC(=O)OC(C)(C)C)NC(CNC(=O)OC(C)(C)C)C(F)(F)F. The molecule has 0 aliphatic heterocycles. The third-order valence-electron chi connectivity index (χ3n) is 3.19. The molecule has 0 aliphatic rings. The van der Waals surface area contributed by atoms with Crippen LogP contribution in [0.5, 0.6) is 0 Å². The van der Waals surface area contributed by atoms with Crippen LogP contribution in [0, 0.1) is 0 Å². The average Bonchev–Trinajstić information content (AvgIpc) is 2.48. The molecule has 0 aliphatic carbocycles. The van der Waals surface area contributed by atoms with Crippen LogP contribution in [-0.2, 0) is 23.8 Å². The van der Waals surface area contributed by atoms with Crippen molar-refractivity contribution in [3.63, 3.8) is 0 Å². The number of esters is 2. The lowest BCUT2D eigenvalue weighted by atomic mass is 10.1. The van der Waals surface area contributed by atoms with Crippen LogP contribution in [0.25, 0.3) is 0 Å². The third-order valence-corrected chi connectivity index (χ3v) is 3.19. The molecule has 0 rings (SSSR count). The Kier molecular flexibility index (Phi) is 9.91. The smallest absolute Gasteiger partial charge is 0.407 e. The van der Waals surface area contributed by atoms with Crippen molar-refractivity contribution in [2.45, 2.75) is 83.8 Å². The van der Waals surface area contributed by atoms with E-state index in [9.17, 15) is 27.6 Å². The highest BCUT2D eigenvalue weighted by atomic mass is 19.4. The molecule has 2 unspecified atom stereocenters. The fraction of sp³-hybridized carbons (Fsp3) is 0.833. The molecule has 11 heteroatoms. The predicted octanol–water partition coefficient (Wildman–Crippen LogP) is 2.70. The van der Waals surface area contributed by atoms with E-state index in [-0.39, 0.29) is 12.8 Å². The molecule has 170 valence electrons. The summed E-state index contributed by atoms with van der Waals surface area (Å²) in [5.74, 6) is -1.64. The molecule has 0 heterocycles. The van der Waals surface area contributed by atoms with Crippen LogP contribution in [0.3, 0.4) is 0 Å². The Hall–Kier alpha value is -2.04. The van der Waals surface area contributed by atoms with Gasteiger partial charge in [-0.15, -0.1) is 0 Å². The minimum atomic E-state index is -4.78. The van der Waals surface area contributed by atoms with Crippen LogP contribution in [0.1, 0.15) is 54.4 Å². The lowest BCUT2D eigenvalue weighted by Gasteiger charge is -2.27. The molecular formula is C18H31F3N2O6. The zero-order chi connectivity index (χ0) is 23.0. The summed E-state index contributed by atoms with van der Waals surface area (Å²) in [5.41, 5.74) is -1.65. The maximum Gasteiger partial charge on any atom is 0.407 e. The molecule has 0 saturated heterocycles. The number of halogens is 3. The Morgan fingerprint density at radius 1 is 0.931 bits per heavy atom. The summed E-state index contributed by atoms with van der Waals surface area (Å²) in [5, 5.41) is 4.12. The lowest BCUT2D eigenvalue weighted by Crippen LogP contribution is -2.56. The van der Waals surface area contributed by atoms with Gasteiger partial charge >= 0.3 is 24.2 Å². The van der Waals surface area contributed by atoms with Crippen molar-refractivity contribution in [1.82, 2.24) is 10.6 Å². The molecular weight excluding hydrogens is 397 g/mol. The van der Waals surface area contributed by atoms with E-state index < -0.39 is 54.0 Å². The van der Waals surface area contributed by atoms with Gasteiger partial charge < -0.3 is 19.5 Å². The van der Waals surface area contributed by atoms with Crippen LogP contribution >= 0.6 is 0 Å². The second kappa shape index (κ2) is 10.7. The zero-order valence-electron chi connectivity index (χ0n) is 17.9. The van der Waals surface area contributed by atoms with Gasteiger partial charge in [-0.05, 0) is 48.0 Å². The van der Waals surface area contributed by atoms with Crippen molar-refractivity contribution in [3.05, 3.63) is 0 Å². The minimum Gasteiger partial charge on any atom is -0.468 e. The van der Waals surface area contributed by atoms with Crippen molar-refractivity contribution in [2.75, 3.05) is 13.7 Å². The number of hydrogen-bond donors (Lipinski definition) is 2. The highest BCUT2D eigenvalue weighted by molar-refractivity contribution is 5.77. The molecule has 1 amide bonds. The van der Waals surface area contributed by atoms with Crippen molar-refractivity contribution in [1.29, 1.82) is 0 Å². The van der Waals surface area contributed by atoms with E-state index in [1.165, 1.54) is 0 Å². The molecule has 0 aromatic heterocycles. The topological polar surface area (TPSA) is 103 Å². The van der Waals surface area contributed by atoms with Crippen molar-refractivity contribution >= 4 is 18.0 Å². The molecule has 0 saturated carbocycles. The largest absolute Gasteiger partial charge is 0.468 e. The fourth-order valence-corrected chi connectivity index (χ4v) is 2.08. The molecule has 0 radical (unpaired) electrons. The number of rotatable bonds is 8. The standard InChI is InChI=1S/C18H31F3N2O6/c1-16(2,3)28-13(24)9-8-11(14(25)27-7)23-12(18(19,20)21)10-22-15(26)29-17(4,5)6/h11-12,23H,8-10H2,1-7H3,(H,22,26). The maximum absolute atomic E-state index is 13.4. The van der Waals surface area contributed by atoms with Gasteiger partial charge in [0.25, 0.3) is 0 Å². The Morgan fingerprint density at radius 2 is 1.45 bits per heavy atom. The van der Waals surface area contributed by atoms with Crippen molar-refractivity contribution in [2.24, 2.45) is 0 Å². The number of nitrogens with one attached hydrogen (secondary N) is 2. The minimum absolute atomic E-state index is 0.277. The summed E-state index contributed by atoms with van der Waals surface area (Å²) in [6.45, 7) is 8.75. The monoisotopic (exact) mass is 428 g/mol. The van der Waals surface area contributed by atoms with Gasteiger partial charge in [-0.2, -0.15) is 13.2 Å². The first kappa shape index (κ1) is 27.0. The number of alkyl halides is 3. The molecule has 0 spiro atoms. The maximum atomic E-state index is 13.4. The van der Waals surface area contributed by atoms with Crippen LogP contribution < -0.4 is 10.6 Å². The molecule has 29 heavy (non-hydrogen) atoms. The molecule has 0 bridgehead atoms. The highest BCUT2D eigenvalue weighted by Crippen LogP contribution is 2.21. The van der Waals surface area contributed by atoms with Gasteiger partial charge in [-0.1, -0.05) is 0 Å². The van der Waals surface area contributed by atoms with Gasteiger partial charge in [-0.25, -0.2) is 4.79 Å². The van der Waals surface area contributed by atoms with Crippen LogP contribution in [0.4, 0.5) is 18.0 Å². The Balaban J connectivity index is 5.08. The summed E-state index contributed by atoms with van der Waals surface area (Å²) in [6.07, 6.45) is -6.39. The number of amides is 1. The first-order valence-electron chi connectivity index (χ1n) is 9.04. The quantitative estimate of drug-likeness (QED) is 0.453. The Bertz CT molecular complexity index is 567. The highest BCUT2D eigenvalue weighted by Gasteiger charge is 2.42. The molecule has 0 fully saturated rings. The predicted molar refractivity (Wildman–Crippen MR) is 98.1 cm³/mol. The van der Waals surface area contributed by atoms with E-state index >= 15 is 0 Å². The molecule has 0 aromatic rings. The normalized spacial score (nSPS) is 14.6. The molecule has 2 N–H and O–H groups in total. The molecule has 2 atom stereocenters. The van der Waals surface area contributed by atoms with E-state index in [2.05, 4.69) is 10.1 Å². The number of carbonyl (C=O) groups excluding carboxylic acids is 3. The summed E-state index contributed by atoms with van der Waals surface area (Å²) >= 11 is 0. The number of hydrogen-bond acceptors (Lipinski definition) is 7. The summed E-state index contributed by atoms with van der Waals surface area (Å²) in [4.78, 5) is 35.3. The van der Waals surface area contributed by atoms with Crippen LogP contribution in [0.2, 0.25) is 0 Å². The average molecular weight is 428 g/mol. The van der Waals surface area contributed by atoms with Crippen molar-refractivity contribution < 1.29 is 41.8 Å². The number of ether oxygens (including phenoxy) is 3. The Labute approximate surface area is 168 Å². The first-order valence-corrected chi connectivity index (χ1v) is 9.04. The third kappa shape index (κ3) is 12.9. The number of alkyl carbamates (subject to hydrolysis) is 1. The van der Waals surface area contributed by atoms with Gasteiger partial charge in [0.15, 0.2) is 0 Å². The van der Waals surface area contributed by atoms with Gasteiger partial charge in [0.05, 0.1) is 7.11 Å². The van der Waals surface area contributed by atoms with Gasteiger partial charge in [-0.3, -0.25) is 14.9 Å². The van der Waals surface area contributed by atoms with Gasteiger partial charge in [0.2, 0.25) is 0 Å². The van der Waals surface area contributed by atoms with E-state index in [0.717, 1.165) is 7.11 Å². The molecule has 0 aromatic carbocycles. The summed E-state index contributed by atoms with van der Waals surface area (Å²) in [7, 11) is 1.02. The zero-order valence-corrected chi connectivity index (χ0v) is 17.9. The number of carbonyl (C=O) groups is 3. The van der Waals surface area contributed by atoms with E-state index in [1.807, 2.05) is 5.32 Å². The first-order chi connectivity index (χ1) is 12.9. The second-order valence-corrected chi connectivity index (χ2v) is 8.34. The van der Waals surface area contributed by atoms with Crippen LogP contribution in [-0.4, -0.2) is 61.1 Å².